The summed E-state index contributed by atoms with van der Waals surface area (Å²) in [7, 11) is 0. The van der Waals surface area contributed by atoms with Crippen molar-refractivity contribution < 1.29 is 0 Å². The number of rotatable bonds is 0. The third kappa shape index (κ3) is 8.24. The molecule has 0 atom stereocenters. The summed E-state index contributed by atoms with van der Waals surface area (Å²) in [5, 5.41) is 3.33. The summed E-state index contributed by atoms with van der Waals surface area (Å²) in [6.07, 6.45) is 0. The Kier molecular flexibility index (Phi) is 9.86. The number of nitrogens with zero attached hydrogens (tertiary/aromatic N) is 7. The number of hydrogen-bond acceptors (Lipinski definition) is 6. The molecule has 0 amide bonds. The van der Waals surface area contributed by atoms with Gasteiger partial charge in [-0.1, -0.05) is 114 Å². The van der Waals surface area contributed by atoms with E-state index in [1.54, 1.807) is 0 Å². The minimum Gasteiger partial charge on any atom is -0.324 e. The van der Waals surface area contributed by atoms with E-state index in [-0.39, 0.29) is 21.7 Å². The van der Waals surface area contributed by atoms with Gasteiger partial charge in [-0.3, -0.25) is 0 Å². The first-order chi connectivity index (χ1) is 30.2. The molecule has 9 rings (SSSR count). The molecule has 4 aromatic carbocycles. The van der Waals surface area contributed by atoms with Crippen LogP contribution in [0.25, 0.3) is 89.7 Å². The summed E-state index contributed by atoms with van der Waals surface area (Å²) in [5.41, 5.74) is 6.77. The van der Waals surface area contributed by atoms with Crippen LogP contribution in [0.3, 0.4) is 0 Å². The molecule has 7 aromatic rings. The Hall–Kier alpha value is -7.52. The third-order valence-electron chi connectivity index (χ3n) is 10.2. The Morgan fingerprint density at radius 3 is 1.30 bits per heavy atom. The van der Waals surface area contributed by atoms with Crippen LogP contribution in [0.2, 0.25) is 0 Å². The van der Waals surface area contributed by atoms with E-state index in [0.717, 1.165) is 60.5 Å². The van der Waals surface area contributed by atoms with Crippen LogP contribution in [-0.2, 0) is 0 Å². The SMILES string of the molecule is CC(C)(C)C#Cc1cc2c3nc4nc(nc5c6ccccc6c(nc6nc(nc([nH]3)c2c(C#CC(C)(C)C)c1C#CC(C)(C)C)-c1ccccc1-6)n5C#CC(C)(C)C)-c1ccccc1-4. The molecule has 0 saturated heterocycles. The van der Waals surface area contributed by atoms with E-state index in [9.17, 15) is 0 Å². The smallest absolute Gasteiger partial charge is 0.164 e. The minimum atomic E-state index is -0.322. The quantitative estimate of drug-likeness (QED) is 0.153. The van der Waals surface area contributed by atoms with Crippen LogP contribution in [0.1, 0.15) is 99.8 Å². The summed E-state index contributed by atoms with van der Waals surface area (Å²) in [4.78, 5) is 35.5. The summed E-state index contributed by atoms with van der Waals surface area (Å²) in [6.45, 7) is 25.2. The van der Waals surface area contributed by atoms with Gasteiger partial charge in [0.2, 0.25) is 0 Å². The molecule has 314 valence electrons. The van der Waals surface area contributed by atoms with Crippen LogP contribution in [0.15, 0.2) is 78.9 Å². The van der Waals surface area contributed by atoms with Gasteiger partial charge in [-0.2, -0.15) is 0 Å². The first kappa shape index (κ1) is 41.8. The minimum absolute atomic E-state index is 0.272. The Labute approximate surface area is 375 Å². The van der Waals surface area contributed by atoms with Crippen molar-refractivity contribution in [1.82, 2.24) is 39.5 Å². The fraction of sp³-hybridized carbons (Fsp3) is 0.286. The molecule has 8 heteroatoms. The molecule has 5 heterocycles. The first-order valence-electron chi connectivity index (χ1n) is 21.7. The zero-order valence-corrected chi connectivity index (χ0v) is 38.6. The van der Waals surface area contributed by atoms with Gasteiger partial charge in [0.25, 0.3) is 0 Å². The van der Waals surface area contributed by atoms with Crippen molar-refractivity contribution in [3.63, 3.8) is 0 Å². The van der Waals surface area contributed by atoms with Gasteiger partial charge in [0.05, 0.1) is 11.1 Å². The first-order valence-corrected chi connectivity index (χ1v) is 21.7. The highest BCUT2D eigenvalue weighted by molar-refractivity contribution is 6.10. The van der Waals surface area contributed by atoms with Gasteiger partial charge in [-0.25, -0.2) is 34.5 Å². The highest BCUT2D eigenvalue weighted by Gasteiger charge is 2.25. The van der Waals surface area contributed by atoms with Crippen molar-refractivity contribution in [3.05, 3.63) is 95.6 Å². The summed E-state index contributed by atoms with van der Waals surface area (Å²) >= 11 is 0. The van der Waals surface area contributed by atoms with Crippen molar-refractivity contribution >= 4 is 44.1 Å². The predicted octanol–water partition coefficient (Wildman–Crippen LogP) is 12.4. The monoisotopic (exact) mass is 834 g/mol. The zero-order chi connectivity index (χ0) is 45.3. The van der Waals surface area contributed by atoms with Gasteiger partial charge in [0.1, 0.15) is 11.3 Å². The molecule has 0 spiro atoms. The van der Waals surface area contributed by atoms with E-state index in [4.69, 9.17) is 29.9 Å². The average molecular weight is 835 g/mol. The van der Waals surface area contributed by atoms with E-state index in [2.05, 4.69) is 154 Å². The predicted molar refractivity (Wildman–Crippen MR) is 261 cm³/mol. The number of benzene rings is 4. The molecule has 0 unspecified atom stereocenters. The standard InChI is InChI=1S/C56H50N8/c1-53(2,3)28-25-34-33-43-44(36(27-30-55(7,8)9)35(34)26-29-54(4,5)6)50-60-46-38-20-14-16-22-40(38)48(58-46)63-52-42-24-18-17-23-41(42)51(64(52)32-31-56(10,11)12)62-47-39-21-15-13-19-37(39)45(57-47)59-49(43)61-50/h13-24,33H,1-12H3,(H,57,58,59,60,61,62,63). The number of aromatic amines is 1. The van der Waals surface area contributed by atoms with Crippen LogP contribution < -0.4 is 0 Å². The lowest BCUT2D eigenvalue weighted by atomic mass is 9.90. The van der Waals surface area contributed by atoms with E-state index in [0.29, 0.717) is 45.9 Å². The Bertz CT molecular complexity index is 3560. The lowest BCUT2D eigenvalue weighted by molar-refractivity contribution is 0.570. The van der Waals surface area contributed by atoms with Gasteiger partial charge in [0, 0.05) is 77.1 Å². The Morgan fingerprint density at radius 2 is 0.828 bits per heavy atom. The number of hydrogen-bond donors (Lipinski definition) is 1. The molecule has 8 nitrogen and oxygen atoms in total. The normalized spacial score (nSPS) is 12.2. The average Bonchev–Trinajstić information content (AvgIpc) is 3.93. The van der Waals surface area contributed by atoms with Crippen LogP contribution in [0, 0.1) is 69.1 Å². The Morgan fingerprint density at radius 1 is 0.422 bits per heavy atom. The number of nitrogens with one attached hydrogen (secondary N) is 1. The van der Waals surface area contributed by atoms with Crippen molar-refractivity contribution in [2.75, 3.05) is 0 Å². The van der Waals surface area contributed by atoms with Crippen LogP contribution in [-0.4, -0.2) is 39.5 Å². The largest absolute Gasteiger partial charge is 0.324 e. The molecular weight excluding hydrogens is 785 g/mol. The molecular formula is C56H50N8. The summed E-state index contributed by atoms with van der Waals surface area (Å²) in [5.74, 6) is 26.7. The van der Waals surface area contributed by atoms with E-state index in [1.807, 2.05) is 65.2 Å². The van der Waals surface area contributed by atoms with E-state index >= 15 is 0 Å². The van der Waals surface area contributed by atoms with Crippen LogP contribution in [0.4, 0.5) is 0 Å². The third-order valence-corrected chi connectivity index (χ3v) is 10.2. The highest BCUT2D eigenvalue weighted by atomic mass is 15.1. The molecule has 0 fully saturated rings. The summed E-state index contributed by atoms with van der Waals surface area (Å²) < 4.78 is 1.88. The van der Waals surface area contributed by atoms with Gasteiger partial charge in [-0.15, -0.1) is 0 Å². The van der Waals surface area contributed by atoms with Gasteiger partial charge < -0.3 is 4.98 Å². The maximum Gasteiger partial charge on any atom is 0.164 e. The van der Waals surface area contributed by atoms with Gasteiger partial charge in [0.15, 0.2) is 34.6 Å². The van der Waals surface area contributed by atoms with Crippen LogP contribution in [0.5, 0.6) is 0 Å². The molecule has 8 bridgehead atoms. The zero-order valence-electron chi connectivity index (χ0n) is 38.6. The molecule has 3 aromatic heterocycles. The van der Waals surface area contributed by atoms with Crippen molar-refractivity contribution in [1.29, 1.82) is 0 Å². The Balaban J connectivity index is 1.55. The molecule has 64 heavy (non-hydrogen) atoms. The molecule has 1 N–H and O–H groups in total. The molecule has 2 aliphatic rings. The second-order valence-corrected chi connectivity index (χ2v) is 20.5. The lowest BCUT2D eigenvalue weighted by Crippen LogP contribution is -2.03. The van der Waals surface area contributed by atoms with Crippen molar-refractivity contribution in [2.45, 2.75) is 83.1 Å². The van der Waals surface area contributed by atoms with Crippen molar-refractivity contribution in [3.8, 4) is 93.0 Å². The van der Waals surface area contributed by atoms with Crippen molar-refractivity contribution in [2.24, 2.45) is 21.7 Å². The number of aromatic nitrogens is 8. The maximum absolute atomic E-state index is 5.40. The van der Waals surface area contributed by atoms with Gasteiger partial charge in [-0.05, 0) is 89.2 Å². The maximum atomic E-state index is 5.40. The lowest BCUT2D eigenvalue weighted by Gasteiger charge is -2.11. The highest BCUT2D eigenvalue weighted by Crippen LogP contribution is 2.39. The second-order valence-electron chi connectivity index (χ2n) is 20.5. The topological polar surface area (TPSA) is 98.1 Å². The fourth-order valence-electron chi connectivity index (χ4n) is 7.34. The summed E-state index contributed by atoms with van der Waals surface area (Å²) in [6, 6.07) is 29.8. The fourth-order valence-corrected chi connectivity index (χ4v) is 7.34. The van der Waals surface area contributed by atoms with Crippen LogP contribution >= 0.6 is 0 Å². The van der Waals surface area contributed by atoms with Gasteiger partial charge >= 0.3 is 0 Å². The van der Waals surface area contributed by atoms with E-state index < -0.39 is 0 Å². The molecule has 2 aliphatic heterocycles. The number of fused-ring (bicyclic) bond motifs is 20. The molecule has 0 radical (unpaired) electrons. The van der Waals surface area contributed by atoms with E-state index in [1.165, 1.54) is 0 Å². The molecule has 0 saturated carbocycles. The molecule has 0 aliphatic carbocycles. The number of H-pyrrole nitrogens is 1. The second kappa shape index (κ2) is 15.1.